The number of nitrogens with zero attached hydrogens (tertiary/aromatic N) is 3. The third-order valence-electron chi connectivity index (χ3n) is 2.19. The number of anilines is 1. The lowest BCUT2D eigenvalue weighted by Crippen LogP contribution is -2.34. The van der Waals surface area contributed by atoms with Gasteiger partial charge in [0.15, 0.2) is 0 Å². The van der Waals surface area contributed by atoms with Crippen LogP contribution in [0.1, 0.15) is 5.69 Å². The van der Waals surface area contributed by atoms with E-state index in [1.165, 1.54) is 0 Å². The second-order valence-electron chi connectivity index (χ2n) is 3.21. The summed E-state index contributed by atoms with van der Waals surface area (Å²) in [7, 11) is 0. The van der Waals surface area contributed by atoms with Gasteiger partial charge in [0.25, 0.3) is 0 Å². The molecule has 0 amide bonds. The van der Waals surface area contributed by atoms with Gasteiger partial charge in [-0.1, -0.05) is 12.2 Å². The fraction of sp³-hybridized carbons (Fsp3) is 0.444. The molecule has 1 aliphatic rings. The molecule has 1 aliphatic heterocycles. The Labute approximate surface area is 98.3 Å². The number of thiocarbonyl (C=S) groups is 1. The van der Waals surface area contributed by atoms with E-state index in [4.69, 9.17) is 18.0 Å². The first-order valence-electron chi connectivity index (χ1n) is 4.73. The normalized spacial score (nSPS) is 16.4. The molecule has 2 rings (SSSR count). The van der Waals surface area contributed by atoms with E-state index in [2.05, 4.69) is 14.9 Å². The zero-order chi connectivity index (χ0) is 10.7. The molecule has 4 nitrogen and oxygen atoms in total. The lowest BCUT2D eigenvalue weighted by Gasteiger charge is -2.26. The molecule has 2 N–H and O–H groups in total. The van der Waals surface area contributed by atoms with E-state index >= 15 is 0 Å². The van der Waals surface area contributed by atoms with Crippen LogP contribution >= 0.6 is 24.0 Å². The maximum atomic E-state index is 5.53. The zero-order valence-electron chi connectivity index (χ0n) is 8.22. The van der Waals surface area contributed by atoms with E-state index in [1.54, 1.807) is 12.3 Å². The molecule has 2 heterocycles. The maximum Gasteiger partial charge on any atom is 0.225 e. The molecular weight excluding hydrogens is 228 g/mol. The monoisotopic (exact) mass is 240 g/mol. The molecule has 1 saturated heterocycles. The number of rotatable bonds is 2. The van der Waals surface area contributed by atoms with Crippen molar-refractivity contribution in [3.05, 3.63) is 18.0 Å². The van der Waals surface area contributed by atoms with Crippen molar-refractivity contribution in [2.24, 2.45) is 5.73 Å². The molecule has 0 aromatic carbocycles. The van der Waals surface area contributed by atoms with Gasteiger partial charge in [-0.25, -0.2) is 9.97 Å². The summed E-state index contributed by atoms with van der Waals surface area (Å²) in [6, 6.07) is 1.74. The average molecular weight is 240 g/mol. The van der Waals surface area contributed by atoms with Crippen LogP contribution < -0.4 is 10.6 Å². The molecule has 0 bridgehead atoms. The molecule has 80 valence electrons. The van der Waals surface area contributed by atoms with Gasteiger partial charge in [0.2, 0.25) is 5.95 Å². The average Bonchev–Trinajstić information content (AvgIpc) is 2.30. The van der Waals surface area contributed by atoms with Crippen molar-refractivity contribution in [1.29, 1.82) is 0 Å². The van der Waals surface area contributed by atoms with Gasteiger partial charge >= 0.3 is 0 Å². The van der Waals surface area contributed by atoms with Gasteiger partial charge in [-0.15, -0.1) is 0 Å². The molecule has 0 aliphatic carbocycles. The topological polar surface area (TPSA) is 55.0 Å². The summed E-state index contributed by atoms with van der Waals surface area (Å²) in [5.41, 5.74) is 6.18. The number of nitrogens with two attached hydrogens (primary N) is 1. The number of hydrogen-bond donors (Lipinski definition) is 1. The predicted octanol–water partition coefficient (Wildman–Crippen LogP) is 0.664. The van der Waals surface area contributed by atoms with Crippen LogP contribution in [0.4, 0.5) is 5.95 Å². The smallest absolute Gasteiger partial charge is 0.225 e. The lowest BCUT2D eigenvalue weighted by molar-refractivity contribution is 0.814. The maximum absolute atomic E-state index is 5.53. The van der Waals surface area contributed by atoms with Gasteiger partial charge < -0.3 is 10.6 Å². The first kappa shape index (κ1) is 10.6. The summed E-state index contributed by atoms with van der Waals surface area (Å²) < 4.78 is 0. The van der Waals surface area contributed by atoms with Crippen LogP contribution in [0.3, 0.4) is 0 Å². The SMILES string of the molecule is NC(=S)c1ccnc(N2CCSCC2)n1. The van der Waals surface area contributed by atoms with E-state index in [0.717, 1.165) is 30.5 Å². The highest BCUT2D eigenvalue weighted by molar-refractivity contribution is 7.99. The summed E-state index contributed by atoms with van der Waals surface area (Å²) in [5.74, 6) is 2.99. The van der Waals surface area contributed by atoms with E-state index in [0.29, 0.717) is 10.7 Å². The molecule has 1 fully saturated rings. The van der Waals surface area contributed by atoms with E-state index in [1.807, 2.05) is 11.8 Å². The minimum Gasteiger partial charge on any atom is -0.388 e. The molecule has 1 aromatic heterocycles. The Kier molecular flexibility index (Phi) is 3.37. The number of hydrogen-bond acceptors (Lipinski definition) is 5. The summed E-state index contributed by atoms with van der Waals surface area (Å²) in [5, 5.41) is 0. The fourth-order valence-corrected chi connectivity index (χ4v) is 2.42. The van der Waals surface area contributed by atoms with Crippen LogP contribution in [0.2, 0.25) is 0 Å². The largest absolute Gasteiger partial charge is 0.388 e. The van der Waals surface area contributed by atoms with Gasteiger partial charge in [-0.3, -0.25) is 0 Å². The minimum absolute atomic E-state index is 0.324. The van der Waals surface area contributed by atoms with Crippen molar-refractivity contribution >= 4 is 34.9 Å². The highest BCUT2D eigenvalue weighted by Crippen LogP contribution is 2.14. The van der Waals surface area contributed by atoms with Crippen molar-refractivity contribution in [2.75, 3.05) is 29.5 Å². The van der Waals surface area contributed by atoms with Crippen molar-refractivity contribution in [1.82, 2.24) is 9.97 Å². The zero-order valence-corrected chi connectivity index (χ0v) is 9.85. The van der Waals surface area contributed by atoms with Crippen LogP contribution in [0.15, 0.2) is 12.3 Å². The second-order valence-corrected chi connectivity index (χ2v) is 4.87. The Morgan fingerprint density at radius 2 is 2.20 bits per heavy atom. The van der Waals surface area contributed by atoms with Gasteiger partial charge in [-0.2, -0.15) is 11.8 Å². The van der Waals surface area contributed by atoms with Crippen LogP contribution in [0, 0.1) is 0 Å². The molecule has 0 unspecified atom stereocenters. The number of aromatic nitrogens is 2. The van der Waals surface area contributed by atoms with Crippen molar-refractivity contribution < 1.29 is 0 Å². The van der Waals surface area contributed by atoms with E-state index in [9.17, 15) is 0 Å². The Bertz CT molecular complexity index is 363. The fourth-order valence-electron chi connectivity index (χ4n) is 1.40. The Balaban J connectivity index is 2.19. The van der Waals surface area contributed by atoms with Gasteiger partial charge in [-0.05, 0) is 6.07 Å². The second kappa shape index (κ2) is 4.76. The van der Waals surface area contributed by atoms with Crippen LogP contribution in [-0.4, -0.2) is 39.6 Å². The minimum atomic E-state index is 0.324. The molecule has 0 atom stereocenters. The van der Waals surface area contributed by atoms with Crippen LogP contribution in [0.25, 0.3) is 0 Å². The molecular formula is C9H12N4S2. The Morgan fingerprint density at radius 1 is 1.47 bits per heavy atom. The first-order chi connectivity index (χ1) is 7.27. The Morgan fingerprint density at radius 3 is 2.87 bits per heavy atom. The standard InChI is InChI=1S/C9H12N4S2/c10-8(14)7-1-2-11-9(12-7)13-3-5-15-6-4-13/h1-2H,3-6H2,(H2,10,14). The third-order valence-corrected chi connectivity index (χ3v) is 3.34. The van der Waals surface area contributed by atoms with E-state index in [-0.39, 0.29) is 0 Å². The van der Waals surface area contributed by atoms with Crippen LogP contribution in [-0.2, 0) is 0 Å². The summed E-state index contributed by atoms with van der Waals surface area (Å²) in [6.45, 7) is 1.98. The Hall–Kier alpha value is -0.880. The predicted molar refractivity (Wildman–Crippen MR) is 67.5 cm³/mol. The van der Waals surface area contributed by atoms with Gasteiger partial charge in [0, 0.05) is 30.8 Å². The summed E-state index contributed by atoms with van der Waals surface area (Å²) in [6.07, 6.45) is 1.71. The lowest BCUT2D eigenvalue weighted by atomic mass is 10.4. The van der Waals surface area contributed by atoms with Crippen LogP contribution in [0.5, 0.6) is 0 Å². The third kappa shape index (κ3) is 2.57. The first-order valence-corrected chi connectivity index (χ1v) is 6.29. The highest BCUT2D eigenvalue weighted by atomic mass is 32.2. The summed E-state index contributed by atoms with van der Waals surface area (Å²) in [4.78, 5) is 11.1. The molecule has 1 aromatic rings. The molecule has 6 heteroatoms. The molecule has 0 spiro atoms. The van der Waals surface area contributed by atoms with Crippen molar-refractivity contribution in [3.8, 4) is 0 Å². The summed E-state index contributed by atoms with van der Waals surface area (Å²) >= 11 is 6.84. The number of thioether (sulfide) groups is 1. The van der Waals surface area contributed by atoms with E-state index < -0.39 is 0 Å². The van der Waals surface area contributed by atoms with Gasteiger partial charge in [0.1, 0.15) is 10.7 Å². The van der Waals surface area contributed by atoms with Crippen molar-refractivity contribution in [3.63, 3.8) is 0 Å². The molecule has 0 saturated carbocycles. The van der Waals surface area contributed by atoms with Gasteiger partial charge in [0.05, 0.1) is 0 Å². The highest BCUT2D eigenvalue weighted by Gasteiger charge is 2.14. The molecule has 0 radical (unpaired) electrons. The quantitative estimate of drug-likeness (QED) is 0.767. The molecule has 15 heavy (non-hydrogen) atoms. The van der Waals surface area contributed by atoms with Crippen molar-refractivity contribution in [2.45, 2.75) is 0 Å².